The van der Waals surface area contributed by atoms with Gasteiger partial charge in [0.2, 0.25) is 0 Å². The van der Waals surface area contributed by atoms with E-state index in [9.17, 15) is 5.11 Å². The van der Waals surface area contributed by atoms with E-state index >= 15 is 0 Å². The number of aliphatic hydroxyl groups is 1. The second kappa shape index (κ2) is 5.93. The minimum Gasteiger partial charge on any atom is -0.496 e. The van der Waals surface area contributed by atoms with Crippen LogP contribution in [-0.2, 0) is 0 Å². The number of hydrogen-bond acceptors (Lipinski definition) is 3. The highest BCUT2D eigenvalue weighted by Gasteiger charge is 2.36. The quantitative estimate of drug-likeness (QED) is 0.829. The van der Waals surface area contributed by atoms with E-state index in [2.05, 4.69) is 13.0 Å². The van der Waals surface area contributed by atoms with Crippen LogP contribution < -0.4 is 10.5 Å². The maximum absolute atomic E-state index is 10.6. The number of benzene rings is 1. The van der Waals surface area contributed by atoms with E-state index in [-0.39, 0.29) is 12.0 Å². The minimum atomic E-state index is -0.370. The predicted molar refractivity (Wildman–Crippen MR) is 77.4 cm³/mol. The fourth-order valence-electron chi connectivity index (χ4n) is 2.81. The van der Waals surface area contributed by atoms with Gasteiger partial charge in [0.05, 0.1) is 13.2 Å². The Labute approximate surface area is 115 Å². The molecule has 3 heteroatoms. The molecule has 1 saturated carbocycles. The second-order valence-electron chi connectivity index (χ2n) is 5.76. The van der Waals surface area contributed by atoms with Crippen molar-refractivity contribution in [1.82, 2.24) is 0 Å². The van der Waals surface area contributed by atoms with Crippen LogP contribution in [0.4, 0.5) is 0 Å². The second-order valence-corrected chi connectivity index (χ2v) is 5.76. The zero-order chi connectivity index (χ0) is 14.0. The van der Waals surface area contributed by atoms with Crippen molar-refractivity contribution in [3.63, 3.8) is 0 Å². The van der Waals surface area contributed by atoms with Gasteiger partial charge in [-0.1, -0.05) is 19.1 Å². The monoisotopic (exact) mass is 263 g/mol. The van der Waals surface area contributed by atoms with Crippen LogP contribution in [0.3, 0.4) is 0 Å². The molecule has 0 saturated heterocycles. The lowest BCUT2D eigenvalue weighted by molar-refractivity contribution is 0.0800. The molecule has 1 aliphatic carbocycles. The summed E-state index contributed by atoms with van der Waals surface area (Å²) >= 11 is 0. The highest BCUT2D eigenvalue weighted by atomic mass is 16.5. The van der Waals surface area contributed by atoms with Crippen molar-refractivity contribution in [1.29, 1.82) is 0 Å². The molecule has 2 rings (SSSR count). The number of rotatable bonds is 6. The van der Waals surface area contributed by atoms with E-state index in [1.165, 1.54) is 12.8 Å². The van der Waals surface area contributed by atoms with Crippen molar-refractivity contribution in [2.75, 3.05) is 13.7 Å². The first kappa shape index (κ1) is 14.4. The minimum absolute atomic E-state index is 0.00917. The van der Waals surface area contributed by atoms with Gasteiger partial charge in [-0.15, -0.1) is 0 Å². The molecule has 3 atom stereocenters. The Kier molecular flexibility index (Phi) is 4.48. The van der Waals surface area contributed by atoms with Crippen LogP contribution in [0.25, 0.3) is 0 Å². The summed E-state index contributed by atoms with van der Waals surface area (Å²) in [6, 6.07) is 6.10. The maximum Gasteiger partial charge on any atom is 0.122 e. The third-order valence-electron chi connectivity index (χ3n) is 4.43. The van der Waals surface area contributed by atoms with Crippen molar-refractivity contribution < 1.29 is 9.84 Å². The first-order chi connectivity index (χ1) is 9.08. The van der Waals surface area contributed by atoms with E-state index in [0.717, 1.165) is 16.9 Å². The third kappa shape index (κ3) is 3.10. The smallest absolute Gasteiger partial charge is 0.122 e. The Balaban J connectivity index is 2.20. The van der Waals surface area contributed by atoms with Gasteiger partial charge >= 0.3 is 0 Å². The Morgan fingerprint density at radius 2 is 2.11 bits per heavy atom. The summed E-state index contributed by atoms with van der Waals surface area (Å²) in [6.45, 7) is 4.62. The SMILES string of the molecule is COc1cc(C(CN)C(O)C(C)C2CC2)ccc1C. The number of hydrogen-bond donors (Lipinski definition) is 2. The normalized spacial score (nSPS) is 19.8. The Morgan fingerprint density at radius 3 is 2.63 bits per heavy atom. The first-order valence-corrected chi connectivity index (χ1v) is 7.11. The molecule has 1 aromatic rings. The molecule has 0 spiro atoms. The van der Waals surface area contributed by atoms with Gasteiger partial charge in [0.25, 0.3) is 0 Å². The lowest BCUT2D eigenvalue weighted by Gasteiger charge is -2.27. The zero-order valence-electron chi connectivity index (χ0n) is 12.1. The van der Waals surface area contributed by atoms with Gasteiger partial charge in [-0.2, -0.15) is 0 Å². The van der Waals surface area contributed by atoms with Crippen molar-refractivity contribution in [3.8, 4) is 5.75 Å². The van der Waals surface area contributed by atoms with Gasteiger partial charge < -0.3 is 15.6 Å². The molecule has 1 aliphatic rings. The Bertz CT molecular complexity index is 429. The molecule has 0 aliphatic heterocycles. The molecule has 0 bridgehead atoms. The zero-order valence-corrected chi connectivity index (χ0v) is 12.1. The van der Waals surface area contributed by atoms with E-state index in [4.69, 9.17) is 10.5 Å². The molecule has 0 radical (unpaired) electrons. The summed E-state index contributed by atoms with van der Waals surface area (Å²) in [5.41, 5.74) is 8.07. The van der Waals surface area contributed by atoms with E-state index in [0.29, 0.717) is 18.4 Å². The van der Waals surface area contributed by atoms with Crippen LogP contribution in [0.5, 0.6) is 5.75 Å². The van der Waals surface area contributed by atoms with Gasteiger partial charge in [0, 0.05) is 12.5 Å². The molecular formula is C16H25NO2. The number of ether oxygens (including phenoxy) is 1. The number of nitrogens with two attached hydrogens (primary N) is 1. The van der Waals surface area contributed by atoms with Gasteiger partial charge in [-0.3, -0.25) is 0 Å². The standard InChI is InChI=1S/C16H25NO2/c1-10-4-5-13(8-15(10)19-3)14(9-17)16(18)11(2)12-6-7-12/h4-5,8,11-12,14,16,18H,6-7,9,17H2,1-3H3. The summed E-state index contributed by atoms with van der Waals surface area (Å²) in [7, 11) is 1.67. The van der Waals surface area contributed by atoms with Crippen LogP contribution in [0, 0.1) is 18.8 Å². The summed E-state index contributed by atoms with van der Waals surface area (Å²) in [5.74, 6) is 1.85. The lowest BCUT2D eigenvalue weighted by atomic mass is 9.84. The Morgan fingerprint density at radius 1 is 1.42 bits per heavy atom. The predicted octanol–water partition coefficient (Wildman–Crippen LogP) is 2.45. The van der Waals surface area contributed by atoms with E-state index < -0.39 is 0 Å². The molecule has 0 aromatic heterocycles. The molecular weight excluding hydrogens is 238 g/mol. The van der Waals surface area contributed by atoms with Crippen molar-refractivity contribution in [3.05, 3.63) is 29.3 Å². The third-order valence-corrected chi connectivity index (χ3v) is 4.43. The van der Waals surface area contributed by atoms with Gasteiger partial charge in [-0.25, -0.2) is 0 Å². The molecule has 3 unspecified atom stereocenters. The summed E-state index contributed by atoms with van der Waals surface area (Å²) in [4.78, 5) is 0. The van der Waals surface area contributed by atoms with E-state index in [1.54, 1.807) is 7.11 Å². The van der Waals surface area contributed by atoms with E-state index in [1.807, 2.05) is 19.1 Å². The molecule has 3 N–H and O–H groups in total. The molecule has 106 valence electrons. The lowest BCUT2D eigenvalue weighted by Crippen LogP contribution is -2.32. The molecule has 19 heavy (non-hydrogen) atoms. The fraction of sp³-hybridized carbons (Fsp3) is 0.625. The van der Waals surface area contributed by atoms with Crippen LogP contribution >= 0.6 is 0 Å². The largest absolute Gasteiger partial charge is 0.496 e. The van der Waals surface area contributed by atoms with Gasteiger partial charge in [0.1, 0.15) is 5.75 Å². The van der Waals surface area contributed by atoms with Crippen LogP contribution in [0.15, 0.2) is 18.2 Å². The van der Waals surface area contributed by atoms with Crippen molar-refractivity contribution in [2.24, 2.45) is 17.6 Å². The number of methoxy groups -OCH3 is 1. The Hall–Kier alpha value is -1.06. The van der Waals surface area contributed by atoms with Crippen LogP contribution in [-0.4, -0.2) is 24.9 Å². The van der Waals surface area contributed by atoms with Crippen LogP contribution in [0.2, 0.25) is 0 Å². The fourth-order valence-corrected chi connectivity index (χ4v) is 2.81. The summed E-state index contributed by atoms with van der Waals surface area (Å²) in [6.07, 6.45) is 2.12. The van der Waals surface area contributed by atoms with Gasteiger partial charge in [-0.05, 0) is 48.8 Å². The maximum atomic E-state index is 10.6. The highest BCUT2D eigenvalue weighted by molar-refractivity contribution is 5.38. The first-order valence-electron chi connectivity index (χ1n) is 7.11. The molecule has 3 nitrogen and oxygen atoms in total. The molecule has 0 heterocycles. The molecule has 0 amide bonds. The average Bonchev–Trinajstić information content (AvgIpc) is 3.24. The highest BCUT2D eigenvalue weighted by Crippen LogP contribution is 2.41. The van der Waals surface area contributed by atoms with Crippen molar-refractivity contribution in [2.45, 2.75) is 38.7 Å². The van der Waals surface area contributed by atoms with Crippen molar-refractivity contribution >= 4 is 0 Å². The number of aliphatic hydroxyl groups excluding tert-OH is 1. The summed E-state index contributed by atoms with van der Waals surface area (Å²) in [5, 5.41) is 10.6. The molecule has 1 fully saturated rings. The average molecular weight is 263 g/mol. The summed E-state index contributed by atoms with van der Waals surface area (Å²) < 4.78 is 5.36. The topological polar surface area (TPSA) is 55.5 Å². The van der Waals surface area contributed by atoms with Gasteiger partial charge in [0.15, 0.2) is 0 Å². The molecule has 1 aromatic carbocycles. The van der Waals surface area contributed by atoms with Crippen LogP contribution in [0.1, 0.15) is 36.8 Å². The number of aryl methyl sites for hydroxylation is 1.